The first kappa shape index (κ1) is 8.09. The Hall–Kier alpha value is -0.530. The third-order valence-electron chi connectivity index (χ3n) is 1.40. The van der Waals surface area contributed by atoms with E-state index in [0.717, 1.165) is 11.0 Å². The maximum atomic E-state index is 5.24. The normalized spacial score (nSPS) is 10.8. The Labute approximate surface area is 79.1 Å². The minimum Gasteiger partial charge on any atom is -0.463 e. The molecule has 0 aliphatic heterocycles. The molecule has 0 amide bonds. The summed E-state index contributed by atoms with van der Waals surface area (Å²) in [6.45, 7) is -0.618. The second-order valence-corrected chi connectivity index (χ2v) is 5.75. The molecule has 12 heavy (non-hydrogen) atoms. The van der Waals surface area contributed by atoms with Gasteiger partial charge < -0.3 is 8.83 Å². The molecule has 0 aliphatic carbocycles. The van der Waals surface area contributed by atoms with Gasteiger partial charge in [0.1, 0.15) is 17.6 Å². The van der Waals surface area contributed by atoms with E-state index in [4.69, 9.17) is 8.83 Å². The van der Waals surface area contributed by atoms with Crippen molar-refractivity contribution < 1.29 is 8.83 Å². The minimum absolute atomic E-state index is 0.618. The topological polar surface area (TPSA) is 26.3 Å². The summed E-state index contributed by atoms with van der Waals surface area (Å²) in [4.78, 5) is 0. The molecule has 2 aromatic heterocycles. The predicted octanol–water partition coefficient (Wildman–Crippen LogP) is 2.62. The Balaban J connectivity index is 2.27. The zero-order valence-electron chi connectivity index (χ0n) is 6.11. The van der Waals surface area contributed by atoms with E-state index >= 15 is 0 Å². The molecular formula is C8H6BrO2P. The van der Waals surface area contributed by atoms with Gasteiger partial charge in [0.15, 0.2) is 0 Å². The first-order chi connectivity index (χ1) is 5.88. The van der Waals surface area contributed by atoms with E-state index in [-0.39, 0.29) is 0 Å². The summed E-state index contributed by atoms with van der Waals surface area (Å²) in [5.74, 6) is 0. The number of furan rings is 2. The molecule has 4 heteroatoms. The molecule has 0 saturated carbocycles. The van der Waals surface area contributed by atoms with Crippen LogP contribution in [0.2, 0.25) is 0 Å². The average Bonchev–Trinajstić information content (AvgIpc) is 2.77. The van der Waals surface area contributed by atoms with Crippen molar-refractivity contribution in [1.29, 1.82) is 0 Å². The maximum Gasteiger partial charge on any atom is 0.144 e. The standard InChI is InChI=1S/C8H6BrO2P/c9-12(7-3-1-5-10-7)8-4-2-6-11-8/h1-6H. The number of hydrogen-bond acceptors (Lipinski definition) is 2. The summed E-state index contributed by atoms with van der Waals surface area (Å²) >= 11 is 3.53. The van der Waals surface area contributed by atoms with Crippen LogP contribution < -0.4 is 11.0 Å². The summed E-state index contributed by atoms with van der Waals surface area (Å²) in [5, 5.41) is 0. The van der Waals surface area contributed by atoms with Crippen molar-refractivity contribution in [2.75, 3.05) is 0 Å². The van der Waals surface area contributed by atoms with Gasteiger partial charge in [-0.3, -0.25) is 0 Å². The van der Waals surface area contributed by atoms with Crippen molar-refractivity contribution in [3.8, 4) is 0 Å². The third kappa shape index (κ3) is 1.47. The molecular weight excluding hydrogens is 239 g/mol. The van der Waals surface area contributed by atoms with Gasteiger partial charge in [0.25, 0.3) is 0 Å². The fourth-order valence-electron chi connectivity index (χ4n) is 0.872. The highest BCUT2D eigenvalue weighted by Crippen LogP contribution is 2.41. The zero-order valence-corrected chi connectivity index (χ0v) is 8.59. The highest BCUT2D eigenvalue weighted by atomic mass is 79.9. The molecule has 0 fully saturated rings. The molecule has 0 spiro atoms. The third-order valence-corrected chi connectivity index (χ3v) is 4.78. The Bertz CT molecular complexity index is 294. The lowest BCUT2D eigenvalue weighted by molar-refractivity contribution is 0.594. The van der Waals surface area contributed by atoms with E-state index in [1.807, 2.05) is 24.3 Å². The molecule has 2 rings (SSSR count). The fraction of sp³-hybridized carbons (Fsp3) is 0. The summed E-state index contributed by atoms with van der Waals surface area (Å²) < 4.78 is 10.5. The minimum atomic E-state index is -0.618. The van der Waals surface area contributed by atoms with Crippen LogP contribution >= 0.6 is 22.1 Å². The zero-order chi connectivity index (χ0) is 8.39. The Kier molecular flexibility index (Phi) is 2.33. The highest BCUT2D eigenvalue weighted by Gasteiger charge is 2.14. The second-order valence-electron chi connectivity index (χ2n) is 2.18. The molecule has 2 nitrogen and oxygen atoms in total. The molecule has 2 heterocycles. The van der Waals surface area contributed by atoms with Crippen molar-refractivity contribution in [2.24, 2.45) is 0 Å². The molecule has 0 aromatic carbocycles. The van der Waals surface area contributed by atoms with E-state index in [9.17, 15) is 0 Å². The fourth-order valence-corrected chi connectivity index (χ4v) is 3.04. The van der Waals surface area contributed by atoms with Gasteiger partial charge in [-0.2, -0.15) is 0 Å². The molecule has 0 N–H and O–H groups in total. The molecule has 0 atom stereocenters. The molecule has 2 aromatic rings. The van der Waals surface area contributed by atoms with Crippen molar-refractivity contribution in [3.63, 3.8) is 0 Å². The van der Waals surface area contributed by atoms with Crippen molar-refractivity contribution >= 4 is 33.1 Å². The van der Waals surface area contributed by atoms with E-state index in [1.54, 1.807) is 12.5 Å². The maximum absolute atomic E-state index is 5.24. The lowest BCUT2D eigenvalue weighted by Gasteiger charge is -2.00. The molecule has 0 bridgehead atoms. The number of hydrogen-bond donors (Lipinski definition) is 0. The molecule has 0 aliphatic rings. The average molecular weight is 245 g/mol. The highest BCUT2D eigenvalue weighted by molar-refractivity contribution is 9.40. The van der Waals surface area contributed by atoms with Gasteiger partial charge in [0.2, 0.25) is 0 Å². The first-order valence-corrected chi connectivity index (χ1v) is 6.77. The monoisotopic (exact) mass is 244 g/mol. The second kappa shape index (κ2) is 3.46. The van der Waals surface area contributed by atoms with Crippen LogP contribution in [-0.4, -0.2) is 0 Å². The smallest absolute Gasteiger partial charge is 0.144 e. The van der Waals surface area contributed by atoms with Crippen molar-refractivity contribution in [3.05, 3.63) is 36.8 Å². The van der Waals surface area contributed by atoms with E-state index in [0.29, 0.717) is 0 Å². The van der Waals surface area contributed by atoms with Crippen LogP contribution in [-0.2, 0) is 0 Å². The lowest BCUT2D eigenvalue weighted by atomic mass is 10.7. The first-order valence-electron chi connectivity index (χ1n) is 3.41. The van der Waals surface area contributed by atoms with Crippen LogP contribution in [0.15, 0.2) is 45.6 Å². The predicted molar refractivity (Wildman–Crippen MR) is 52.5 cm³/mol. The molecule has 0 saturated heterocycles. The van der Waals surface area contributed by atoms with Crippen LogP contribution in [0, 0.1) is 0 Å². The van der Waals surface area contributed by atoms with Gasteiger partial charge >= 0.3 is 0 Å². The summed E-state index contributed by atoms with van der Waals surface area (Å²) in [5.41, 5.74) is 1.83. The summed E-state index contributed by atoms with van der Waals surface area (Å²) in [7, 11) is 0. The Morgan fingerprint density at radius 3 is 1.83 bits per heavy atom. The number of rotatable bonds is 2. The Morgan fingerprint density at radius 2 is 1.50 bits per heavy atom. The molecule has 0 radical (unpaired) electrons. The van der Waals surface area contributed by atoms with Crippen LogP contribution in [0.4, 0.5) is 0 Å². The van der Waals surface area contributed by atoms with Crippen LogP contribution in [0.3, 0.4) is 0 Å². The van der Waals surface area contributed by atoms with E-state index < -0.39 is 6.62 Å². The van der Waals surface area contributed by atoms with Gasteiger partial charge in [0, 0.05) is 0 Å². The Morgan fingerprint density at radius 1 is 1.00 bits per heavy atom. The van der Waals surface area contributed by atoms with Gasteiger partial charge in [-0.15, -0.1) is 0 Å². The van der Waals surface area contributed by atoms with E-state index in [2.05, 4.69) is 15.5 Å². The van der Waals surface area contributed by atoms with Crippen LogP contribution in [0.5, 0.6) is 0 Å². The van der Waals surface area contributed by atoms with Crippen LogP contribution in [0.1, 0.15) is 0 Å². The molecule has 0 unspecified atom stereocenters. The van der Waals surface area contributed by atoms with Crippen molar-refractivity contribution in [1.82, 2.24) is 0 Å². The SMILES string of the molecule is BrP(c1ccco1)c1ccco1. The van der Waals surface area contributed by atoms with Gasteiger partial charge in [-0.25, -0.2) is 0 Å². The van der Waals surface area contributed by atoms with Gasteiger partial charge in [0.05, 0.1) is 12.5 Å². The van der Waals surface area contributed by atoms with Gasteiger partial charge in [-0.1, -0.05) is 0 Å². The summed E-state index contributed by atoms with van der Waals surface area (Å²) in [6.07, 6.45) is 3.32. The van der Waals surface area contributed by atoms with Gasteiger partial charge in [-0.05, 0) is 39.8 Å². The number of halogens is 1. The lowest BCUT2D eigenvalue weighted by Crippen LogP contribution is -2.02. The van der Waals surface area contributed by atoms with E-state index in [1.165, 1.54) is 0 Å². The quantitative estimate of drug-likeness (QED) is 0.760. The van der Waals surface area contributed by atoms with Crippen molar-refractivity contribution in [2.45, 2.75) is 0 Å². The largest absolute Gasteiger partial charge is 0.463 e. The summed E-state index contributed by atoms with van der Waals surface area (Å²) in [6, 6.07) is 7.61. The molecule has 62 valence electrons. The van der Waals surface area contributed by atoms with Crippen LogP contribution in [0.25, 0.3) is 0 Å².